The molecule has 1 aliphatic rings. The van der Waals surface area contributed by atoms with Crippen LogP contribution in [0.1, 0.15) is 16.7 Å². The van der Waals surface area contributed by atoms with Crippen molar-refractivity contribution in [2.45, 2.75) is 6.17 Å². The average Bonchev–Trinajstić information content (AvgIpc) is 3.01. The molecule has 1 unspecified atom stereocenters. The van der Waals surface area contributed by atoms with E-state index in [2.05, 4.69) is 15.6 Å². The number of anilines is 1. The Kier molecular flexibility index (Phi) is 7.49. The lowest BCUT2D eigenvalue weighted by Crippen LogP contribution is -2.43. The molecule has 0 saturated carbocycles. The minimum atomic E-state index is -1.13. The van der Waals surface area contributed by atoms with Crippen molar-refractivity contribution in [2.24, 2.45) is 4.99 Å². The van der Waals surface area contributed by atoms with Crippen molar-refractivity contribution in [3.8, 4) is 5.75 Å². The fourth-order valence-corrected chi connectivity index (χ4v) is 3.44. The zero-order chi connectivity index (χ0) is 24.6. The number of methoxy groups -OCH3 is 1. The molecular weight excluding hydrogens is 446 g/mol. The van der Waals surface area contributed by atoms with Gasteiger partial charge in [-0.1, -0.05) is 48.5 Å². The van der Waals surface area contributed by atoms with Gasteiger partial charge in [0.1, 0.15) is 12.4 Å². The molecule has 9 heteroatoms. The molecule has 0 radical (unpaired) electrons. The number of fused-ring (bicyclic) bond motifs is 1. The van der Waals surface area contributed by atoms with Crippen molar-refractivity contribution in [3.63, 3.8) is 0 Å². The van der Waals surface area contributed by atoms with E-state index in [4.69, 9.17) is 25.0 Å². The highest BCUT2D eigenvalue weighted by Gasteiger charge is 2.27. The number of aliphatic imine (C=N–C) groups is 1. The number of carbonyl (C=O) groups is 1. The summed E-state index contributed by atoms with van der Waals surface area (Å²) in [4.78, 5) is 17.5. The number of benzene rings is 3. The SMILES string of the molecule is COCCOc1ccc(C(=N)OC(=N)NC2N=C(c3ccccc3)c3ccccc3NC2=O)cc1. The van der Waals surface area contributed by atoms with E-state index in [-0.39, 0.29) is 5.90 Å². The van der Waals surface area contributed by atoms with Gasteiger partial charge in [-0.2, -0.15) is 0 Å². The number of hydrogen-bond donors (Lipinski definition) is 4. The van der Waals surface area contributed by atoms with E-state index in [1.807, 2.05) is 48.5 Å². The van der Waals surface area contributed by atoms with E-state index < -0.39 is 18.1 Å². The molecule has 0 bridgehead atoms. The van der Waals surface area contributed by atoms with Crippen LogP contribution in [0.3, 0.4) is 0 Å². The standard InChI is InChI=1S/C26H25N5O4/c1-33-15-16-34-19-13-11-18(12-14-19)23(27)35-26(28)31-24-25(32)29-21-10-6-5-9-20(21)22(30-24)17-7-3-2-4-8-17/h2-14,24,27H,15-16H2,1H3,(H2,28,31)(H,29,32). The number of para-hydroxylation sites is 1. The molecular formula is C26H25N5O4. The van der Waals surface area contributed by atoms with Crippen LogP contribution in [0.15, 0.2) is 83.9 Å². The molecule has 1 amide bonds. The fraction of sp³-hybridized carbons (Fsp3) is 0.154. The fourth-order valence-electron chi connectivity index (χ4n) is 3.44. The lowest BCUT2D eigenvalue weighted by molar-refractivity contribution is -0.117. The number of carbonyl (C=O) groups excluding carboxylic acids is 1. The van der Waals surface area contributed by atoms with Crippen LogP contribution >= 0.6 is 0 Å². The highest BCUT2D eigenvalue weighted by Crippen LogP contribution is 2.23. The van der Waals surface area contributed by atoms with E-state index in [0.29, 0.717) is 35.9 Å². The van der Waals surface area contributed by atoms with Gasteiger partial charge in [-0.15, -0.1) is 0 Å². The lowest BCUT2D eigenvalue weighted by Gasteiger charge is -2.15. The Balaban J connectivity index is 1.47. The van der Waals surface area contributed by atoms with Crippen LogP contribution in [0, 0.1) is 10.8 Å². The Morgan fingerprint density at radius 3 is 2.43 bits per heavy atom. The number of amides is 1. The maximum atomic E-state index is 12.9. The topological polar surface area (TPSA) is 129 Å². The molecule has 35 heavy (non-hydrogen) atoms. The number of amidine groups is 1. The Bertz CT molecular complexity index is 1240. The Labute approximate surface area is 202 Å². The molecule has 1 heterocycles. The van der Waals surface area contributed by atoms with E-state index in [9.17, 15) is 4.79 Å². The van der Waals surface area contributed by atoms with Crippen LogP contribution in [0.2, 0.25) is 0 Å². The van der Waals surface area contributed by atoms with Crippen LogP contribution in [0.5, 0.6) is 5.75 Å². The van der Waals surface area contributed by atoms with Crippen molar-refractivity contribution >= 4 is 29.2 Å². The average molecular weight is 472 g/mol. The van der Waals surface area contributed by atoms with Gasteiger partial charge in [0.15, 0.2) is 0 Å². The summed E-state index contributed by atoms with van der Waals surface area (Å²) in [5.74, 6) is -0.0689. The van der Waals surface area contributed by atoms with Crippen molar-refractivity contribution in [3.05, 3.63) is 95.6 Å². The third-order valence-corrected chi connectivity index (χ3v) is 5.14. The molecule has 9 nitrogen and oxygen atoms in total. The number of nitrogens with zero attached hydrogens (tertiary/aromatic N) is 1. The van der Waals surface area contributed by atoms with E-state index in [0.717, 1.165) is 11.1 Å². The van der Waals surface area contributed by atoms with Gasteiger partial charge in [0.05, 0.1) is 18.0 Å². The summed E-state index contributed by atoms with van der Waals surface area (Å²) in [7, 11) is 1.60. The zero-order valence-corrected chi connectivity index (χ0v) is 19.1. The van der Waals surface area contributed by atoms with Crippen LogP contribution < -0.4 is 15.4 Å². The summed E-state index contributed by atoms with van der Waals surface area (Å²) in [5, 5.41) is 21.9. The highest BCUT2D eigenvalue weighted by atomic mass is 16.5. The second-order valence-corrected chi connectivity index (χ2v) is 7.55. The smallest absolute Gasteiger partial charge is 0.290 e. The van der Waals surface area contributed by atoms with Gasteiger partial charge in [0.2, 0.25) is 12.1 Å². The highest BCUT2D eigenvalue weighted by molar-refractivity contribution is 6.19. The van der Waals surface area contributed by atoms with Gasteiger partial charge in [-0.05, 0) is 30.3 Å². The van der Waals surface area contributed by atoms with Gasteiger partial charge in [0, 0.05) is 23.8 Å². The second-order valence-electron chi connectivity index (χ2n) is 7.55. The minimum absolute atomic E-state index is 0.254. The molecule has 0 saturated heterocycles. The lowest BCUT2D eigenvalue weighted by atomic mass is 10.0. The van der Waals surface area contributed by atoms with Gasteiger partial charge >= 0.3 is 0 Å². The predicted molar refractivity (Wildman–Crippen MR) is 134 cm³/mol. The number of ether oxygens (including phenoxy) is 3. The first-order valence-electron chi connectivity index (χ1n) is 10.9. The monoisotopic (exact) mass is 471 g/mol. The Hall–Kier alpha value is -4.50. The second kappa shape index (κ2) is 11.1. The maximum Gasteiger partial charge on any atom is 0.290 e. The summed E-state index contributed by atoms with van der Waals surface area (Å²) in [6, 6.07) is 23.1. The number of hydrogen-bond acceptors (Lipinski definition) is 7. The molecule has 0 fully saturated rings. The first kappa shape index (κ1) is 23.7. The minimum Gasteiger partial charge on any atom is -0.491 e. The molecule has 3 aromatic carbocycles. The number of rotatable bonds is 7. The van der Waals surface area contributed by atoms with Gasteiger partial charge in [0.25, 0.3) is 11.9 Å². The first-order valence-corrected chi connectivity index (χ1v) is 10.9. The first-order chi connectivity index (χ1) is 17.0. The molecule has 3 aromatic rings. The van der Waals surface area contributed by atoms with Crippen LogP contribution in [0.4, 0.5) is 5.69 Å². The van der Waals surface area contributed by atoms with Crippen molar-refractivity contribution in [1.82, 2.24) is 5.32 Å². The molecule has 0 aromatic heterocycles. The molecule has 0 spiro atoms. The third kappa shape index (κ3) is 5.90. The van der Waals surface area contributed by atoms with Crippen molar-refractivity contribution in [2.75, 3.05) is 25.6 Å². The quantitative estimate of drug-likeness (QED) is 0.239. The van der Waals surface area contributed by atoms with Crippen LogP contribution in [-0.2, 0) is 14.3 Å². The molecule has 1 atom stereocenters. The van der Waals surface area contributed by atoms with Gasteiger partial charge in [-0.3, -0.25) is 15.6 Å². The third-order valence-electron chi connectivity index (χ3n) is 5.14. The predicted octanol–water partition coefficient (Wildman–Crippen LogP) is 3.39. The van der Waals surface area contributed by atoms with Gasteiger partial charge in [-0.25, -0.2) is 4.99 Å². The summed E-state index contributed by atoms with van der Waals surface area (Å²) in [5.41, 5.74) is 3.27. The molecule has 4 N–H and O–H groups in total. The summed E-state index contributed by atoms with van der Waals surface area (Å²) in [6.45, 7) is 0.884. The zero-order valence-electron chi connectivity index (χ0n) is 19.1. The van der Waals surface area contributed by atoms with Crippen LogP contribution in [-0.4, -0.2) is 50.0 Å². The van der Waals surface area contributed by atoms with Crippen molar-refractivity contribution in [1.29, 1.82) is 10.8 Å². The molecule has 1 aliphatic heterocycles. The van der Waals surface area contributed by atoms with Crippen molar-refractivity contribution < 1.29 is 19.0 Å². The van der Waals surface area contributed by atoms with Gasteiger partial charge < -0.3 is 24.8 Å². The Morgan fingerprint density at radius 2 is 1.69 bits per heavy atom. The summed E-state index contributed by atoms with van der Waals surface area (Å²) < 4.78 is 15.8. The maximum absolute atomic E-state index is 12.9. The summed E-state index contributed by atoms with van der Waals surface area (Å²) >= 11 is 0. The van der Waals surface area contributed by atoms with E-state index in [1.54, 1.807) is 37.4 Å². The van der Waals surface area contributed by atoms with E-state index >= 15 is 0 Å². The number of nitrogens with one attached hydrogen (secondary N) is 4. The largest absolute Gasteiger partial charge is 0.491 e. The van der Waals surface area contributed by atoms with E-state index in [1.165, 1.54) is 0 Å². The molecule has 4 rings (SSSR count). The Morgan fingerprint density at radius 1 is 0.971 bits per heavy atom. The molecule has 178 valence electrons. The molecule has 0 aliphatic carbocycles. The summed E-state index contributed by atoms with van der Waals surface area (Å²) in [6.07, 6.45) is -1.13. The normalized spacial score (nSPS) is 14.6. The number of benzodiazepines with no additional fused rings is 1. The van der Waals surface area contributed by atoms with Crippen LogP contribution in [0.25, 0.3) is 0 Å².